The third-order valence-corrected chi connectivity index (χ3v) is 7.26. The van der Waals surface area contributed by atoms with E-state index >= 15 is 0 Å². The van der Waals surface area contributed by atoms with Crippen LogP contribution in [0.1, 0.15) is 84.9 Å². The van der Waals surface area contributed by atoms with Crippen LogP contribution < -0.4 is 15.4 Å². The first kappa shape index (κ1) is 35.3. The highest BCUT2D eigenvalue weighted by molar-refractivity contribution is 5.90. The minimum Gasteiger partial charge on any atom is -0.460 e. The van der Waals surface area contributed by atoms with Gasteiger partial charge in [0.2, 0.25) is 11.8 Å². The van der Waals surface area contributed by atoms with Crippen LogP contribution in [0.15, 0.2) is 78.9 Å². The van der Waals surface area contributed by atoms with Gasteiger partial charge in [0.25, 0.3) is 0 Å². The molecule has 0 saturated heterocycles. The van der Waals surface area contributed by atoms with Gasteiger partial charge in [-0.2, -0.15) is 0 Å². The molecule has 0 saturated carbocycles. The topological polar surface area (TPSA) is 93.7 Å². The van der Waals surface area contributed by atoms with Crippen LogP contribution in [-0.4, -0.2) is 29.4 Å². The number of para-hydroxylation sites is 1. The number of hydrogen-bond donors (Lipinski definition) is 2. The van der Waals surface area contributed by atoms with Crippen molar-refractivity contribution in [2.45, 2.75) is 91.8 Å². The number of hydrogen-bond acceptors (Lipinski definition) is 5. The Morgan fingerprint density at radius 2 is 1.44 bits per heavy atom. The zero-order valence-corrected chi connectivity index (χ0v) is 27.5. The third kappa shape index (κ3) is 11.7. The van der Waals surface area contributed by atoms with Crippen LogP contribution in [0.4, 0.5) is 4.39 Å². The van der Waals surface area contributed by atoms with Gasteiger partial charge in [-0.1, -0.05) is 75.4 Å². The maximum atomic E-state index is 14.8. The van der Waals surface area contributed by atoms with Crippen molar-refractivity contribution < 1.29 is 28.2 Å². The summed E-state index contributed by atoms with van der Waals surface area (Å²) in [6.45, 7) is 12.9. The van der Waals surface area contributed by atoms with Gasteiger partial charge in [-0.25, -0.2) is 4.39 Å². The lowest BCUT2D eigenvalue weighted by molar-refractivity contribution is -0.157. The second-order valence-corrected chi connectivity index (χ2v) is 13.5. The number of benzene rings is 3. The molecule has 8 heteroatoms. The van der Waals surface area contributed by atoms with Crippen LogP contribution in [0.2, 0.25) is 0 Å². The monoisotopic (exact) mass is 618 g/mol. The Labute approximate surface area is 266 Å². The van der Waals surface area contributed by atoms with E-state index in [2.05, 4.69) is 10.6 Å². The van der Waals surface area contributed by atoms with Crippen molar-refractivity contribution >= 4 is 17.8 Å². The van der Waals surface area contributed by atoms with E-state index in [1.807, 2.05) is 76.2 Å². The standard InChI is InChI=1S/C37H47FN2O5/c1-25(27-16-10-8-11-17-27)39-35(43)33(36(2,3)4)40-34(42)28(24-32(41)45-37(5,6)7)18-14-15-26-21-22-31(30(38)23-26)44-29-19-12-9-13-20-29/h8-13,16-17,19-23,25,28,33H,14-15,18,24H2,1-7H3,(H,39,43)(H,40,42)/t25-,28-,33-/m1/s1. The summed E-state index contributed by atoms with van der Waals surface area (Å²) < 4.78 is 26.0. The van der Waals surface area contributed by atoms with Crippen LogP contribution >= 0.6 is 0 Å². The van der Waals surface area contributed by atoms with E-state index in [0.717, 1.165) is 11.1 Å². The third-order valence-electron chi connectivity index (χ3n) is 7.26. The van der Waals surface area contributed by atoms with E-state index in [-0.39, 0.29) is 24.1 Å². The molecule has 2 amide bonds. The van der Waals surface area contributed by atoms with Crippen LogP contribution in [-0.2, 0) is 25.5 Å². The molecule has 0 aliphatic carbocycles. The normalized spacial score (nSPS) is 13.7. The van der Waals surface area contributed by atoms with E-state index < -0.39 is 40.7 Å². The molecule has 242 valence electrons. The maximum absolute atomic E-state index is 14.8. The number of carbonyl (C=O) groups excluding carboxylic acids is 3. The largest absolute Gasteiger partial charge is 0.460 e. The van der Waals surface area contributed by atoms with Crippen LogP contribution in [0.5, 0.6) is 11.5 Å². The first-order chi connectivity index (χ1) is 21.1. The first-order valence-electron chi connectivity index (χ1n) is 15.5. The highest BCUT2D eigenvalue weighted by Crippen LogP contribution is 2.27. The van der Waals surface area contributed by atoms with Crippen molar-refractivity contribution in [3.05, 3.63) is 95.8 Å². The predicted molar refractivity (Wildman–Crippen MR) is 174 cm³/mol. The van der Waals surface area contributed by atoms with E-state index in [1.54, 1.807) is 45.0 Å². The van der Waals surface area contributed by atoms with E-state index in [9.17, 15) is 18.8 Å². The zero-order valence-electron chi connectivity index (χ0n) is 27.5. The number of nitrogens with one attached hydrogen (secondary N) is 2. The van der Waals surface area contributed by atoms with E-state index in [4.69, 9.17) is 9.47 Å². The Morgan fingerprint density at radius 3 is 2.02 bits per heavy atom. The molecular formula is C37H47FN2O5. The summed E-state index contributed by atoms with van der Waals surface area (Å²) in [5, 5.41) is 5.95. The molecule has 0 fully saturated rings. The Morgan fingerprint density at radius 1 is 0.822 bits per heavy atom. The predicted octanol–water partition coefficient (Wildman–Crippen LogP) is 7.70. The molecule has 0 spiro atoms. The van der Waals surface area contributed by atoms with Crippen molar-refractivity contribution in [3.63, 3.8) is 0 Å². The van der Waals surface area contributed by atoms with E-state index in [0.29, 0.717) is 25.0 Å². The number of ether oxygens (including phenoxy) is 2. The minimum absolute atomic E-state index is 0.125. The van der Waals surface area contributed by atoms with Crippen LogP contribution in [0, 0.1) is 17.2 Å². The molecular weight excluding hydrogens is 571 g/mol. The second kappa shape index (κ2) is 15.7. The molecule has 3 atom stereocenters. The summed E-state index contributed by atoms with van der Waals surface area (Å²) >= 11 is 0. The smallest absolute Gasteiger partial charge is 0.307 e. The summed E-state index contributed by atoms with van der Waals surface area (Å²) in [6, 6.07) is 22.3. The van der Waals surface area contributed by atoms with Gasteiger partial charge in [0.05, 0.1) is 12.5 Å². The Bertz CT molecular complexity index is 1410. The number of esters is 1. The Hall–Kier alpha value is -4.20. The number of carbonyl (C=O) groups is 3. The van der Waals surface area contributed by atoms with Crippen molar-refractivity contribution in [2.24, 2.45) is 11.3 Å². The fraction of sp³-hybridized carbons (Fsp3) is 0.432. The summed E-state index contributed by atoms with van der Waals surface area (Å²) in [6.07, 6.45) is 1.20. The molecule has 0 radical (unpaired) electrons. The quantitative estimate of drug-likeness (QED) is 0.192. The molecule has 3 aromatic carbocycles. The average molecular weight is 619 g/mol. The van der Waals surface area contributed by atoms with Gasteiger partial charge in [0, 0.05) is 5.92 Å². The molecule has 0 unspecified atom stereocenters. The number of halogens is 1. The Balaban J connectivity index is 1.70. The van der Waals surface area contributed by atoms with Gasteiger partial charge in [-0.15, -0.1) is 0 Å². The van der Waals surface area contributed by atoms with Crippen molar-refractivity contribution in [1.82, 2.24) is 10.6 Å². The van der Waals surface area contributed by atoms with Gasteiger partial charge in [-0.3, -0.25) is 14.4 Å². The summed E-state index contributed by atoms with van der Waals surface area (Å²) in [4.78, 5) is 40.0. The number of aryl methyl sites for hydroxylation is 1. The zero-order chi connectivity index (χ0) is 33.2. The molecule has 0 aromatic heterocycles. The minimum atomic E-state index is -0.844. The SMILES string of the molecule is C[C@@H](NC(=O)[C@@H](NC(=O)[C@H](CCCc1ccc(Oc2ccccc2)c(F)c1)CC(=O)OC(C)(C)C)C(C)(C)C)c1ccccc1. The van der Waals surface area contributed by atoms with Crippen LogP contribution in [0.25, 0.3) is 0 Å². The molecule has 45 heavy (non-hydrogen) atoms. The summed E-state index contributed by atoms with van der Waals surface area (Å²) in [5.74, 6) is -1.77. The molecule has 0 aliphatic rings. The highest BCUT2D eigenvalue weighted by atomic mass is 19.1. The average Bonchev–Trinajstić information content (AvgIpc) is 2.96. The lowest BCUT2D eigenvalue weighted by Gasteiger charge is -2.33. The van der Waals surface area contributed by atoms with Gasteiger partial charge < -0.3 is 20.1 Å². The highest BCUT2D eigenvalue weighted by Gasteiger charge is 2.36. The van der Waals surface area contributed by atoms with Crippen molar-refractivity contribution in [2.75, 3.05) is 0 Å². The van der Waals surface area contributed by atoms with E-state index in [1.165, 1.54) is 6.07 Å². The van der Waals surface area contributed by atoms with Gasteiger partial charge >= 0.3 is 5.97 Å². The molecule has 3 aromatic rings. The summed E-state index contributed by atoms with van der Waals surface area (Å²) in [7, 11) is 0. The van der Waals surface area contributed by atoms with Crippen molar-refractivity contribution in [1.29, 1.82) is 0 Å². The first-order valence-corrected chi connectivity index (χ1v) is 15.5. The van der Waals surface area contributed by atoms with Gasteiger partial charge in [0.1, 0.15) is 17.4 Å². The fourth-order valence-corrected chi connectivity index (χ4v) is 4.92. The molecule has 0 bridgehead atoms. The van der Waals surface area contributed by atoms with Gasteiger partial charge in [0.15, 0.2) is 11.6 Å². The van der Waals surface area contributed by atoms with Gasteiger partial charge in [-0.05, 0) is 87.8 Å². The number of amides is 2. The number of rotatable bonds is 13. The Kier molecular flexibility index (Phi) is 12.3. The lowest BCUT2D eigenvalue weighted by Crippen LogP contribution is -2.55. The van der Waals surface area contributed by atoms with Crippen molar-refractivity contribution in [3.8, 4) is 11.5 Å². The molecule has 2 N–H and O–H groups in total. The molecule has 3 rings (SSSR count). The van der Waals surface area contributed by atoms with Crippen LogP contribution in [0.3, 0.4) is 0 Å². The maximum Gasteiger partial charge on any atom is 0.307 e. The fourth-order valence-electron chi connectivity index (χ4n) is 4.92. The lowest BCUT2D eigenvalue weighted by atomic mass is 9.85. The molecule has 0 aliphatic heterocycles. The molecule has 0 heterocycles. The molecule has 7 nitrogen and oxygen atoms in total. The second-order valence-electron chi connectivity index (χ2n) is 13.5. The summed E-state index contributed by atoms with van der Waals surface area (Å²) in [5.41, 5.74) is 0.379.